The highest BCUT2D eigenvalue weighted by Gasteiger charge is 2.55. The minimum absolute atomic E-state index is 0.0272. The number of aliphatic hydroxyl groups is 1. The fourth-order valence-corrected chi connectivity index (χ4v) is 9.11. The Labute approximate surface area is 187 Å². The summed E-state index contributed by atoms with van der Waals surface area (Å²) in [6.45, 7) is 15.1. The maximum atomic E-state index is 10.3. The number of hydrogen-bond donors (Lipinski definition) is 1. The van der Waals surface area contributed by atoms with E-state index < -0.39 is 0 Å². The summed E-state index contributed by atoms with van der Waals surface area (Å²) >= 11 is 0. The van der Waals surface area contributed by atoms with E-state index in [2.05, 4.69) is 41.5 Å². The van der Waals surface area contributed by atoms with Crippen molar-refractivity contribution in [1.82, 2.24) is 0 Å². The van der Waals surface area contributed by atoms with Crippen molar-refractivity contribution in [2.24, 2.45) is 46.3 Å². The molecule has 0 spiro atoms. The van der Waals surface area contributed by atoms with Crippen LogP contribution in [-0.2, 0) is 0 Å². The topological polar surface area (TPSA) is 20.2 Å². The quantitative estimate of drug-likeness (QED) is 0.434. The van der Waals surface area contributed by atoms with Crippen molar-refractivity contribution in [3.63, 3.8) is 0 Å². The van der Waals surface area contributed by atoms with Gasteiger partial charge in [0.1, 0.15) is 0 Å². The highest BCUT2D eigenvalue weighted by atomic mass is 16.3. The number of aliphatic hydroxyl groups excluding tert-OH is 1. The predicted molar refractivity (Wildman–Crippen MR) is 128 cm³/mol. The van der Waals surface area contributed by atoms with Crippen molar-refractivity contribution in [3.05, 3.63) is 11.1 Å². The summed E-state index contributed by atoms with van der Waals surface area (Å²) in [5.41, 5.74) is 4.80. The average Bonchev–Trinajstić information content (AvgIpc) is 3.06. The number of hydrogen-bond acceptors (Lipinski definition) is 1. The van der Waals surface area contributed by atoms with Crippen LogP contribution in [0.15, 0.2) is 11.1 Å². The molecule has 4 aliphatic rings. The molecule has 1 heteroatoms. The molecule has 4 aliphatic carbocycles. The van der Waals surface area contributed by atoms with E-state index in [1.54, 1.807) is 0 Å². The van der Waals surface area contributed by atoms with E-state index in [1.807, 2.05) is 11.1 Å². The molecular formula is C29H50O. The minimum atomic E-state index is -0.0272. The molecular weight excluding hydrogens is 364 g/mol. The Kier molecular flexibility index (Phi) is 6.53. The fourth-order valence-electron chi connectivity index (χ4n) is 9.11. The summed E-state index contributed by atoms with van der Waals surface area (Å²) in [4.78, 5) is 0. The molecule has 0 saturated heterocycles. The van der Waals surface area contributed by atoms with E-state index in [9.17, 15) is 5.11 Å². The van der Waals surface area contributed by atoms with Gasteiger partial charge in [0.05, 0.1) is 6.10 Å². The molecule has 0 radical (unpaired) electrons. The van der Waals surface area contributed by atoms with Crippen LogP contribution in [0.4, 0.5) is 0 Å². The molecule has 3 saturated carbocycles. The van der Waals surface area contributed by atoms with Crippen LogP contribution < -0.4 is 0 Å². The first-order valence-electron chi connectivity index (χ1n) is 13.6. The van der Waals surface area contributed by atoms with Gasteiger partial charge in [-0.05, 0) is 111 Å². The van der Waals surface area contributed by atoms with Crippen LogP contribution in [0.25, 0.3) is 0 Å². The third-order valence-corrected chi connectivity index (χ3v) is 11.2. The molecule has 3 fully saturated rings. The lowest BCUT2D eigenvalue weighted by molar-refractivity contribution is -0.0381. The van der Waals surface area contributed by atoms with Crippen LogP contribution in [0.5, 0.6) is 0 Å². The lowest BCUT2D eigenvalue weighted by Crippen LogP contribution is -2.48. The lowest BCUT2D eigenvalue weighted by atomic mass is 9.49. The van der Waals surface area contributed by atoms with Gasteiger partial charge < -0.3 is 5.11 Å². The lowest BCUT2D eigenvalue weighted by Gasteiger charge is -2.56. The van der Waals surface area contributed by atoms with Gasteiger partial charge >= 0.3 is 0 Å². The molecule has 6 unspecified atom stereocenters. The smallest absolute Gasteiger partial charge is 0.0543 e. The first kappa shape index (κ1) is 22.9. The molecule has 172 valence electrons. The number of allylic oxidation sites excluding steroid dienone is 2. The van der Waals surface area contributed by atoms with Crippen molar-refractivity contribution >= 4 is 0 Å². The Morgan fingerprint density at radius 2 is 1.73 bits per heavy atom. The van der Waals surface area contributed by atoms with Gasteiger partial charge in [-0.1, -0.05) is 65.5 Å². The second kappa shape index (κ2) is 8.57. The Morgan fingerprint density at radius 1 is 0.967 bits per heavy atom. The second-order valence-electron chi connectivity index (χ2n) is 12.8. The summed E-state index contributed by atoms with van der Waals surface area (Å²) in [6, 6.07) is 0. The summed E-state index contributed by atoms with van der Waals surface area (Å²) in [6.07, 6.45) is 15.9. The SMILES string of the molecule is CCC(CC[C@@H](C)C1CCC2=C3CC[C@H]4CC(O)CCC4(C)C3CCC21C)C(C)C. The molecule has 1 N–H and O–H groups in total. The van der Waals surface area contributed by atoms with E-state index >= 15 is 0 Å². The zero-order valence-electron chi connectivity index (χ0n) is 21.0. The van der Waals surface area contributed by atoms with Gasteiger partial charge in [-0.15, -0.1) is 0 Å². The van der Waals surface area contributed by atoms with Gasteiger partial charge in [0.15, 0.2) is 0 Å². The van der Waals surface area contributed by atoms with E-state index in [0.717, 1.165) is 48.3 Å². The van der Waals surface area contributed by atoms with Crippen molar-refractivity contribution in [1.29, 1.82) is 0 Å². The van der Waals surface area contributed by atoms with Gasteiger partial charge in [0.25, 0.3) is 0 Å². The van der Waals surface area contributed by atoms with Gasteiger partial charge in [-0.25, -0.2) is 0 Å². The Bertz CT molecular complexity index is 647. The zero-order chi connectivity index (χ0) is 21.7. The van der Waals surface area contributed by atoms with Crippen molar-refractivity contribution in [3.8, 4) is 0 Å². The molecule has 1 nitrogen and oxygen atoms in total. The van der Waals surface area contributed by atoms with Gasteiger partial charge in [-0.3, -0.25) is 0 Å². The molecule has 0 aliphatic heterocycles. The van der Waals surface area contributed by atoms with Crippen molar-refractivity contribution in [2.75, 3.05) is 0 Å². The van der Waals surface area contributed by atoms with Crippen LogP contribution in [-0.4, -0.2) is 11.2 Å². The van der Waals surface area contributed by atoms with Crippen LogP contribution in [0.1, 0.15) is 119 Å². The standard InChI is InChI=1S/C29H50O/c1-7-21(19(2)3)9-8-20(4)25-12-13-26-24-11-10-22-18-23(30)14-16-28(22,5)27(24)15-17-29(25,26)6/h19-23,25,27,30H,7-18H2,1-6H3/t20-,21?,22+,23?,25?,27?,28?,29?/m1/s1. The summed E-state index contributed by atoms with van der Waals surface area (Å²) in [5.74, 6) is 5.11. The average molecular weight is 415 g/mol. The second-order valence-corrected chi connectivity index (χ2v) is 12.8. The number of rotatable bonds is 6. The van der Waals surface area contributed by atoms with Crippen LogP contribution in [0.2, 0.25) is 0 Å². The Hall–Kier alpha value is -0.300. The summed E-state index contributed by atoms with van der Waals surface area (Å²) in [5, 5.41) is 10.3. The molecule has 0 heterocycles. The molecule has 30 heavy (non-hydrogen) atoms. The molecule has 0 aromatic rings. The summed E-state index contributed by atoms with van der Waals surface area (Å²) < 4.78 is 0. The van der Waals surface area contributed by atoms with Gasteiger partial charge in [0, 0.05) is 0 Å². The van der Waals surface area contributed by atoms with E-state index in [4.69, 9.17) is 0 Å². The molecule has 0 aromatic carbocycles. The largest absolute Gasteiger partial charge is 0.393 e. The van der Waals surface area contributed by atoms with Gasteiger partial charge in [-0.2, -0.15) is 0 Å². The minimum Gasteiger partial charge on any atom is -0.393 e. The van der Waals surface area contributed by atoms with Crippen molar-refractivity contribution < 1.29 is 5.11 Å². The zero-order valence-corrected chi connectivity index (χ0v) is 21.0. The summed E-state index contributed by atoms with van der Waals surface area (Å²) in [7, 11) is 0. The maximum Gasteiger partial charge on any atom is 0.0543 e. The first-order chi connectivity index (χ1) is 14.2. The molecule has 4 rings (SSSR count). The predicted octanol–water partition coefficient (Wildman–Crippen LogP) is 8.17. The third kappa shape index (κ3) is 3.74. The molecule has 0 aromatic heterocycles. The normalized spacial score (nSPS) is 43.2. The highest BCUT2D eigenvalue weighted by molar-refractivity contribution is 5.34. The van der Waals surface area contributed by atoms with Crippen LogP contribution in [0, 0.1) is 46.3 Å². The van der Waals surface area contributed by atoms with E-state index in [0.29, 0.717) is 10.8 Å². The monoisotopic (exact) mass is 414 g/mol. The van der Waals surface area contributed by atoms with E-state index in [-0.39, 0.29) is 6.10 Å². The van der Waals surface area contributed by atoms with Gasteiger partial charge in [0.2, 0.25) is 0 Å². The van der Waals surface area contributed by atoms with E-state index in [1.165, 1.54) is 64.2 Å². The third-order valence-electron chi connectivity index (χ3n) is 11.2. The molecule has 8 atom stereocenters. The van der Waals surface area contributed by atoms with Crippen molar-refractivity contribution in [2.45, 2.75) is 125 Å². The molecule has 0 amide bonds. The highest BCUT2D eigenvalue weighted by Crippen LogP contribution is 2.65. The van der Waals surface area contributed by atoms with Crippen LogP contribution >= 0.6 is 0 Å². The maximum absolute atomic E-state index is 10.3. The molecule has 0 bridgehead atoms. The fraction of sp³-hybridized carbons (Fsp3) is 0.931. The van der Waals surface area contributed by atoms with Crippen LogP contribution in [0.3, 0.4) is 0 Å². The first-order valence-corrected chi connectivity index (χ1v) is 13.6. The number of fused-ring (bicyclic) bond motifs is 4. The Morgan fingerprint density at radius 3 is 2.43 bits per heavy atom. The Balaban J connectivity index is 1.52.